The molecule has 2 aromatic rings. The largest absolute Gasteiger partial charge is 0.481 e. The number of hydrogen-bond acceptors (Lipinski definition) is 4. The highest BCUT2D eigenvalue weighted by Crippen LogP contribution is 2.31. The van der Waals surface area contributed by atoms with Crippen LogP contribution in [-0.2, 0) is 14.4 Å². The molecule has 0 fully saturated rings. The average Bonchev–Trinajstić information content (AvgIpc) is 3.07. The fourth-order valence-corrected chi connectivity index (χ4v) is 3.13. The molecule has 2 N–H and O–H groups in total. The van der Waals surface area contributed by atoms with E-state index in [4.69, 9.17) is 4.84 Å². The molecule has 1 heterocycles. The predicted octanol–water partition coefficient (Wildman–Crippen LogP) is 3.95. The molecule has 6 nitrogen and oxygen atoms in total. The number of nitrogens with one attached hydrogen (secondary N) is 1. The van der Waals surface area contributed by atoms with Gasteiger partial charge in [-0.2, -0.15) is 0 Å². The van der Waals surface area contributed by atoms with Gasteiger partial charge in [0.15, 0.2) is 0 Å². The van der Waals surface area contributed by atoms with Crippen molar-refractivity contribution >= 4 is 29.4 Å². The number of rotatable bonds is 6. The molecule has 28 heavy (non-hydrogen) atoms. The molecule has 1 amide bonds. The third kappa shape index (κ3) is 4.28. The van der Waals surface area contributed by atoms with Crippen LogP contribution in [0.25, 0.3) is 6.08 Å². The Labute approximate surface area is 163 Å². The first-order chi connectivity index (χ1) is 13.4. The van der Waals surface area contributed by atoms with Gasteiger partial charge in [-0.1, -0.05) is 59.8 Å². The maximum atomic E-state index is 13.0. The molecule has 0 bridgehead atoms. The van der Waals surface area contributed by atoms with Crippen molar-refractivity contribution < 1.29 is 19.5 Å². The van der Waals surface area contributed by atoms with E-state index in [0.717, 1.165) is 16.7 Å². The summed E-state index contributed by atoms with van der Waals surface area (Å²) in [7, 11) is 0. The first-order valence-electron chi connectivity index (χ1n) is 8.97. The van der Waals surface area contributed by atoms with Crippen molar-refractivity contribution in [3.8, 4) is 0 Å². The van der Waals surface area contributed by atoms with Gasteiger partial charge in [-0.15, -0.1) is 0 Å². The topological polar surface area (TPSA) is 88.0 Å². The summed E-state index contributed by atoms with van der Waals surface area (Å²) in [6.07, 6.45) is 3.20. The summed E-state index contributed by atoms with van der Waals surface area (Å²) in [4.78, 5) is 29.8. The highest BCUT2D eigenvalue weighted by Gasteiger charge is 2.48. The molecule has 1 aliphatic heterocycles. The van der Waals surface area contributed by atoms with E-state index >= 15 is 0 Å². The number of carbonyl (C=O) groups is 2. The number of aryl methyl sites for hydroxylation is 2. The monoisotopic (exact) mass is 378 g/mol. The number of carboxylic acid groups (broad SMARTS) is 1. The van der Waals surface area contributed by atoms with Gasteiger partial charge in [0.05, 0.1) is 12.1 Å². The van der Waals surface area contributed by atoms with E-state index < -0.39 is 23.9 Å². The highest BCUT2D eigenvalue weighted by molar-refractivity contribution is 6.08. The van der Waals surface area contributed by atoms with Gasteiger partial charge in [0.1, 0.15) is 0 Å². The Morgan fingerprint density at radius 2 is 1.79 bits per heavy atom. The molecule has 0 spiro atoms. The Hall–Kier alpha value is -3.41. The molecular formula is C22H22N2O4. The van der Waals surface area contributed by atoms with Gasteiger partial charge in [-0.05, 0) is 36.6 Å². The van der Waals surface area contributed by atoms with Crippen LogP contribution in [0.1, 0.15) is 29.5 Å². The summed E-state index contributed by atoms with van der Waals surface area (Å²) in [6, 6.07) is 15.3. The standard InChI is InChI=1S/C22H22N2O4/c1-15-7-6-8-16(2)20(15)23-21(27)22(14-19(25)26)13-18(24-28-22)12-11-17-9-4-3-5-10-17/h3-12H,13-14H2,1-2H3,(H,23,27)(H,25,26)/b12-11+/t22-/m1/s1. The number of nitrogens with zero attached hydrogens (tertiary/aromatic N) is 1. The van der Waals surface area contributed by atoms with E-state index in [2.05, 4.69) is 10.5 Å². The third-order valence-electron chi connectivity index (χ3n) is 4.64. The Morgan fingerprint density at radius 1 is 1.11 bits per heavy atom. The lowest BCUT2D eigenvalue weighted by atomic mass is 9.91. The summed E-state index contributed by atoms with van der Waals surface area (Å²) in [6.45, 7) is 3.76. The zero-order valence-corrected chi connectivity index (χ0v) is 15.8. The zero-order chi connectivity index (χ0) is 20.1. The molecule has 1 aliphatic rings. The SMILES string of the molecule is Cc1cccc(C)c1NC(=O)[C@]1(CC(=O)O)CC(/C=C/c2ccccc2)=NO1. The van der Waals surface area contributed by atoms with Gasteiger partial charge in [0.2, 0.25) is 5.60 Å². The quantitative estimate of drug-likeness (QED) is 0.797. The van der Waals surface area contributed by atoms with Crippen LogP contribution < -0.4 is 5.32 Å². The van der Waals surface area contributed by atoms with E-state index in [9.17, 15) is 14.7 Å². The van der Waals surface area contributed by atoms with Crippen LogP contribution in [0.5, 0.6) is 0 Å². The van der Waals surface area contributed by atoms with E-state index in [-0.39, 0.29) is 6.42 Å². The van der Waals surface area contributed by atoms with Crippen molar-refractivity contribution in [1.29, 1.82) is 0 Å². The highest BCUT2D eigenvalue weighted by atomic mass is 16.7. The van der Waals surface area contributed by atoms with Gasteiger partial charge < -0.3 is 15.3 Å². The lowest BCUT2D eigenvalue weighted by Gasteiger charge is -2.24. The number of amides is 1. The Kier molecular flexibility index (Phi) is 5.59. The lowest BCUT2D eigenvalue weighted by molar-refractivity contribution is -0.152. The number of benzene rings is 2. The fraction of sp³-hybridized carbons (Fsp3) is 0.227. The van der Waals surface area contributed by atoms with E-state index in [1.54, 1.807) is 6.08 Å². The second-order valence-corrected chi connectivity index (χ2v) is 6.88. The van der Waals surface area contributed by atoms with Crippen LogP contribution in [0.3, 0.4) is 0 Å². The van der Waals surface area contributed by atoms with E-state index in [1.165, 1.54) is 0 Å². The molecule has 1 atom stereocenters. The summed E-state index contributed by atoms with van der Waals surface area (Å²) < 4.78 is 0. The summed E-state index contributed by atoms with van der Waals surface area (Å²) in [5.41, 5.74) is 2.36. The first kappa shape index (κ1) is 19.4. The minimum Gasteiger partial charge on any atom is -0.481 e. The fourth-order valence-electron chi connectivity index (χ4n) is 3.13. The molecule has 0 unspecified atom stereocenters. The van der Waals surface area contributed by atoms with Crippen molar-refractivity contribution in [3.63, 3.8) is 0 Å². The number of anilines is 1. The molecule has 144 valence electrons. The minimum absolute atomic E-state index is 0.0827. The Morgan fingerprint density at radius 3 is 2.43 bits per heavy atom. The predicted molar refractivity (Wildman–Crippen MR) is 108 cm³/mol. The maximum absolute atomic E-state index is 13.0. The molecule has 0 saturated carbocycles. The summed E-state index contributed by atoms with van der Waals surface area (Å²) in [5, 5.41) is 16.1. The van der Waals surface area contributed by atoms with Crippen molar-refractivity contribution in [2.45, 2.75) is 32.3 Å². The first-order valence-corrected chi connectivity index (χ1v) is 8.97. The third-order valence-corrected chi connectivity index (χ3v) is 4.64. The number of hydrogen-bond donors (Lipinski definition) is 2. The number of oxime groups is 1. The van der Waals surface area contributed by atoms with E-state index in [1.807, 2.05) is 68.5 Å². The Bertz CT molecular complexity index is 930. The number of carboxylic acids is 1. The van der Waals surface area contributed by atoms with Gasteiger partial charge in [0.25, 0.3) is 5.91 Å². The van der Waals surface area contributed by atoms with Crippen LogP contribution in [0.15, 0.2) is 59.8 Å². The molecule has 6 heteroatoms. The number of carbonyl (C=O) groups excluding carboxylic acids is 1. The molecule has 0 saturated heterocycles. The van der Waals surface area contributed by atoms with Crippen LogP contribution in [0, 0.1) is 13.8 Å². The van der Waals surface area contributed by atoms with E-state index in [0.29, 0.717) is 11.4 Å². The number of aliphatic carboxylic acids is 1. The smallest absolute Gasteiger partial charge is 0.308 e. The Balaban J connectivity index is 1.79. The van der Waals surface area contributed by atoms with Gasteiger partial charge in [0, 0.05) is 12.1 Å². The molecular weight excluding hydrogens is 356 g/mol. The summed E-state index contributed by atoms with van der Waals surface area (Å²) >= 11 is 0. The van der Waals surface area contributed by atoms with Crippen molar-refractivity contribution in [2.24, 2.45) is 5.16 Å². The second kappa shape index (κ2) is 8.08. The molecule has 0 radical (unpaired) electrons. The van der Waals surface area contributed by atoms with Crippen molar-refractivity contribution in [3.05, 3.63) is 71.3 Å². The van der Waals surface area contributed by atoms with Crippen LogP contribution in [-0.4, -0.2) is 28.3 Å². The maximum Gasteiger partial charge on any atom is 0.308 e. The zero-order valence-electron chi connectivity index (χ0n) is 15.8. The lowest BCUT2D eigenvalue weighted by Crippen LogP contribution is -2.45. The minimum atomic E-state index is -1.57. The summed E-state index contributed by atoms with van der Waals surface area (Å²) in [5.74, 6) is -1.64. The van der Waals surface area contributed by atoms with Gasteiger partial charge in [-0.25, -0.2) is 0 Å². The van der Waals surface area contributed by atoms with Gasteiger partial charge in [-0.3, -0.25) is 9.59 Å². The van der Waals surface area contributed by atoms with Crippen molar-refractivity contribution in [1.82, 2.24) is 0 Å². The van der Waals surface area contributed by atoms with Gasteiger partial charge >= 0.3 is 5.97 Å². The molecule has 0 aliphatic carbocycles. The normalized spacial score (nSPS) is 18.6. The molecule has 2 aromatic carbocycles. The average molecular weight is 378 g/mol. The molecule has 0 aromatic heterocycles. The van der Waals surface area contributed by atoms with Crippen LogP contribution in [0.4, 0.5) is 5.69 Å². The number of allylic oxidation sites excluding steroid dienone is 1. The van der Waals surface area contributed by atoms with Crippen LogP contribution in [0.2, 0.25) is 0 Å². The number of para-hydroxylation sites is 1. The molecule has 3 rings (SSSR count). The van der Waals surface area contributed by atoms with Crippen LogP contribution >= 0.6 is 0 Å². The van der Waals surface area contributed by atoms with Crippen molar-refractivity contribution in [2.75, 3.05) is 5.32 Å². The second-order valence-electron chi connectivity index (χ2n) is 6.88.